The van der Waals surface area contributed by atoms with Crippen molar-refractivity contribution < 1.29 is 22.4 Å². The summed E-state index contributed by atoms with van der Waals surface area (Å²) in [5.74, 6) is 0.367. The number of fused-ring (bicyclic) bond motifs is 1. The first kappa shape index (κ1) is 24.5. The molecule has 0 aliphatic rings. The molecule has 0 spiro atoms. The van der Waals surface area contributed by atoms with Gasteiger partial charge in [0.1, 0.15) is 11.6 Å². The Kier molecular flexibility index (Phi) is 7.21. The fraction of sp³-hybridized carbons (Fsp3) is 0.259. The molecule has 4 aromatic rings. The molecule has 2 atom stereocenters. The molecule has 0 saturated carbocycles. The van der Waals surface area contributed by atoms with E-state index in [4.69, 9.17) is 4.42 Å². The van der Waals surface area contributed by atoms with Crippen LogP contribution >= 0.6 is 0 Å². The predicted molar refractivity (Wildman–Crippen MR) is 128 cm³/mol. The van der Waals surface area contributed by atoms with Crippen LogP contribution in [0.15, 0.2) is 77.2 Å². The molecule has 4 rings (SSSR count). The first-order valence-corrected chi connectivity index (χ1v) is 11.3. The average molecular weight is 482 g/mol. The number of alkyl halides is 3. The van der Waals surface area contributed by atoms with Gasteiger partial charge in [0.25, 0.3) is 0 Å². The van der Waals surface area contributed by atoms with Gasteiger partial charge >= 0.3 is 6.18 Å². The number of aromatic nitrogens is 1. The third-order valence-corrected chi connectivity index (χ3v) is 5.93. The number of halogens is 3. The maximum absolute atomic E-state index is 12.9. The molecule has 0 radical (unpaired) electrons. The highest BCUT2D eigenvalue weighted by atomic mass is 19.4. The molecule has 0 aliphatic carbocycles. The highest BCUT2D eigenvalue weighted by Gasteiger charge is 2.30. The van der Waals surface area contributed by atoms with Gasteiger partial charge in [-0.1, -0.05) is 48.5 Å². The Labute approximate surface area is 201 Å². The molecule has 2 N–H and O–H groups in total. The van der Waals surface area contributed by atoms with E-state index in [1.165, 1.54) is 12.1 Å². The van der Waals surface area contributed by atoms with Gasteiger partial charge < -0.3 is 9.73 Å². The van der Waals surface area contributed by atoms with Crippen LogP contribution in [0.25, 0.3) is 11.1 Å². The minimum Gasteiger partial charge on any atom is -0.441 e. The molecule has 0 aliphatic heterocycles. The van der Waals surface area contributed by atoms with Crippen molar-refractivity contribution >= 4 is 17.0 Å². The van der Waals surface area contributed by atoms with E-state index < -0.39 is 17.8 Å². The lowest BCUT2D eigenvalue weighted by atomic mass is 9.95. The standard InChI is InChI=1S/C27H26F3N3O2/c1-17-32-23-15-11-20(16-24(23)35-17)22(14-10-18-8-12-21(13-9-18)27(28,29)30)33-25(26(34)31-2)19-6-4-3-5-7-19/h3-9,11-13,15-16,22,25,33H,10,14H2,1-2H3,(H,31,34)/t22-,25?/m0/s1. The van der Waals surface area contributed by atoms with Crippen LogP contribution in [0.2, 0.25) is 0 Å². The molecular formula is C27H26F3N3O2. The highest BCUT2D eigenvalue weighted by molar-refractivity contribution is 5.83. The van der Waals surface area contributed by atoms with Crippen LogP contribution in [0.4, 0.5) is 13.2 Å². The minimum absolute atomic E-state index is 0.188. The van der Waals surface area contributed by atoms with Crippen LogP contribution in [0.1, 0.15) is 46.6 Å². The smallest absolute Gasteiger partial charge is 0.416 e. The summed E-state index contributed by atoms with van der Waals surface area (Å²) >= 11 is 0. The monoisotopic (exact) mass is 481 g/mol. The van der Waals surface area contributed by atoms with Gasteiger partial charge in [-0.05, 0) is 53.8 Å². The van der Waals surface area contributed by atoms with Crippen LogP contribution in [0.5, 0.6) is 0 Å². The zero-order chi connectivity index (χ0) is 25.0. The maximum Gasteiger partial charge on any atom is 0.416 e. The number of aryl methyl sites for hydroxylation is 2. The average Bonchev–Trinajstić information content (AvgIpc) is 3.23. The molecule has 0 saturated heterocycles. The fourth-order valence-corrected chi connectivity index (χ4v) is 4.11. The second-order valence-electron chi connectivity index (χ2n) is 8.37. The van der Waals surface area contributed by atoms with Crippen LogP contribution in [0, 0.1) is 6.92 Å². The molecule has 0 fully saturated rings. The van der Waals surface area contributed by atoms with E-state index in [2.05, 4.69) is 15.6 Å². The number of nitrogens with zero attached hydrogens (tertiary/aromatic N) is 1. The van der Waals surface area contributed by atoms with Gasteiger partial charge in [-0.25, -0.2) is 4.98 Å². The molecule has 1 aromatic heterocycles. The lowest BCUT2D eigenvalue weighted by molar-refractivity contribution is -0.137. The van der Waals surface area contributed by atoms with Crippen molar-refractivity contribution in [3.8, 4) is 0 Å². The van der Waals surface area contributed by atoms with Gasteiger partial charge in [0.05, 0.1) is 5.56 Å². The van der Waals surface area contributed by atoms with Gasteiger partial charge in [-0.2, -0.15) is 13.2 Å². The predicted octanol–water partition coefficient (Wildman–Crippen LogP) is 5.91. The van der Waals surface area contributed by atoms with Gasteiger partial charge in [0.15, 0.2) is 11.5 Å². The molecule has 35 heavy (non-hydrogen) atoms. The van der Waals surface area contributed by atoms with E-state index in [1.807, 2.05) is 48.5 Å². The second-order valence-corrected chi connectivity index (χ2v) is 8.37. The maximum atomic E-state index is 12.9. The Morgan fingerprint density at radius 2 is 1.71 bits per heavy atom. The van der Waals surface area contributed by atoms with Crippen molar-refractivity contribution in [3.05, 3.63) is 101 Å². The zero-order valence-electron chi connectivity index (χ0n) is 19.4. The molecule has 1 amide bonds. The Morgan fingerprint density at radius 1 is 1.00 bits per heavy atom. The molecule has 182 valence electrons. The number of nitrogens with one attached hydrogen (secondary N) is 2. The quantitative estimate of drug-likeness (QED) is 0.329. The summed E-state index contributed by atoms with van der Waals surface area (Å²) in [4.78, 5) is 17.1. The van der Waals surface area contributed by atoms with Crippen molar-refractivity contribution in [2.24, 2.45) is 0 Å². The van der Waals surface area contributed by atoms with E-state index in [9.17, 15) is 18.0 Å². The summed E-state index contributed by atoms with van der Waals surface area (Å²) in [5, 5.41) is 6.17. The fourth-order valence-electron chi connectivity index (χ4n) is 4.11. The summed E-state index contributed by atoms with van der Waals surface area (Å²) in [6, 6.07) is 19.3. The van der Waals surface area contributed by atoms with Gasteiger partial charge in [-0.3, -0.25) is 10.1 Å². The number of likely N-dealkylation sites (N-methyl/N-ethyl adjacent to an activating group) is 1. The summed E-state index contributed by atoms with van der Waals surface area (Å²) in [5.41, 5.74) is 3.17. The Hall–Kier alpha value is -3.65. The molecule has 5 nitrogen and oxygen atoms in total. The Bertz CT molecular complexity index is 1280. The number of amides is 1. The van der Waals surface area contributed by atoms with E-state index >= 15 is 0 Å². The van der Waals surface area contributed by atoms with Gasteiger partial charge in [-0.15, -0.1) is 0 Å². The summed E-state index contributed by atoms with van der Waals surface area (Å²) in [6.07, 6.45) is -3.31. The third-order valence-electron chi connectivity index (χ3n) is 5.93. The number of oxazole rings is 1. The van der Waals surface area contributed by atoms with E-state index in [-0.39, 0.29) is 11.9 Å². The lowest BCUT2D eigenvalue weighted by Gasteiger charge is -2.26. The van der Waals surface area contributed by atoms with Crippen LogP contribution in [0.3, 0.4) is 0 Å². The number of hydrogen-bond acceptors (Lipinski definition) is 4. The largest absolute Gasteiger partial charge is 0.441 e. The van der Waals surface area contributed by atoms with Gasteiger partial charge in [0, 0.05) is 20.0 Å². The van der Waals surface area contributed by atoms with Crippen LogP contribution in [-0.4, -0.2) is 17.9 Å². The Morgan fingerprint density at radius 3 is 2.37 bits per heavy atom. The molecule has 1 unspecified atom stereocenters. The van der Waals surface area contributed by atoms with E-state index in [1.54, 1.807) is 14.0 Å². The third kappa shape index (κ3) is 5.89. The number of carbonyl (C=O) groups is 1. The van der Waals surface area contributed by atoms with Crippen molar-refractivity contribution in [1.29, 1.82) is 0 Å². The number of hydrogen-bond donors (Lipinski definition) is 2. The topological polar surface area (TPSA) is 67.2 Å². The van der Waals surface area contributed by atoms with Crippen LogP contribution in [-0.2, 0) is 17.4 Å². The SMILES string of the molecule is CNC(=O)C(N[C@@H](CCc1ccc(C(F)(F)F)cc1)c1ccc2nc(C)oc2c1)c1ccccc1. The van der Waals surface area contributed by atoms with Crippen LogP contribution < -0.4 is 10.6 Å². The van der Waals surface area contributed by atoms with Gasteiger partial charge in [0.2, 0.25) is 5.91 Å². The summed E-state index contributed by atoms with van der Waals surface area (Å²) < 4.78 is 44.5. The summed E-state index contributed by atoms with van der Waals surface area (Å²) in [6.45, 7) is 1.77. The first-order valence-electron chi connectivity index (χ1n) is 11.3. The van der Waals surface area contributed by atoms with E-state index in [0.29, 0.717) is 24.3 Å². The Balaban J connectivity index is 1.63. The molecular weight excluding hydrogens is 455 g/mol. The summed E-state index contributed by atoms with van der Waals surface area (Å²) in [7, 11) is 1.58. The highest BCUT2D eigenvalue weighted by Crippen LogP contribution is 2.31. The molecule has 1 heterocycles. The number of carbonyl (C=O) groups excluding carboxylic acids is 1. The molecule has 3 aromatic carbocycles. The zero-order valence-corrected chi connectivity index (χ0v) is 19.4. The normalized spacial score (nSPS) is 13.5. The second kappa shape index (κ2) is 10.3. The van der Waals surface area contributed by atoms with Crippen molar-refractivity contribution in [2.45, 2.75) is 38.0 Å². The molecule has 8 heteroatoms. The van der Waals surface area contributed by atoms with E-state index in [0.717, 1.165) is 34.3 Å². The van der Waals surface area contributed by atoms with Crippen molar-refractivity contribution in [3.63, 3.8) is 0 Å². The van der Waals surface area contributed by atoms with Crippen molar-refractivity contribution in [2.75, 3.05) is 7.05 Å². The van der Waals surface area contributed by atoms with Crippen molar-refractivity contribution in [1.82, 2.24) is 15.6 Å². The molecule has 0 bridgehead atoms. The number of rotatable bonds is 8. The minimum atomic E-state index is -4.37. The first-order chi connectivity index (χ1) is 16.7. The lowest BCUT2D eigenvalue weighted by Crippen LogP contribution is -2.38. The number of benzene rings is 3.